The van der Waals surface area contributed by atoms with Crippen molar-refractivity contribution >= 4 is 15.9 Å². The van der Waals surface area contributed by atoms with Crippen LogP contribution in [-0.2, 0) is 0 Å². The highest BCUT2D eigenvalue weighted by Gasteiger charge is 2.33. The van der Waals surface area contributed by atoms with Crippen LogP contribution >= 0.6 is 15.9 Å². The molecule has 7 heteroatoms. The molecule has 0 spiro atoms. The molecule has 140 valence electrons. The van der Waals surface area contributed by atoms with Gasteiger partial charge in [-0.05, 0) is 37.6 Å². The fourth-order valence-corrected chi connectivity index (χ4v) is 3.62. The molecule has 0 aliphatic carbocycles. The van der Waals surface area contributed by atoms with Gasteiger partial charge in [-0.2, -0.15) is 5.26 Å². The lowest BCUT2D eigenvalue weighted by molar-refractivity contribution is 0.287. The summed E-state index contributed by atoms with van der Waals surface area (Å²) in [6, 6.07) is 10.6. The number of phenols is 1. The van der Waals surface area contributed by atoms with Gasteiger partial charge in [0.05, 0.1) is 19.1 Å². The van der Waals surface area contributed by atoms with Gasteiger partial charge < -0.3 is 25.1 Å². The van der Waals surface area contributed by atoms with Gasteiger partial charge in [-0.15, -0.1) is 0 Å². The average molecular weight is 431 g/mol. The third-order valence-electron chi connectivity index (χ3n) is 4.18. The summed E-state index contributed by atoms with van der Waals surface area (Å²) in [5.74, 6) is 1.21. The predicted molar refractivity (Wildman–Crippen MR) is 104 cm³/mol. The van der Waals surface area contributed by atoms with Gasteiger partial charge >= 0.3 is 0 Å². The van der Waals surface area contributed by atoms with E-state index in [0.717, 1.165) is 15.6 Å². The molecule has 3 rings (SSSR count). The second kappa shape index (κ2) is 7.80. The Labute approximate surface area is 165 Å². The van der Waals surface area contributed by atoms with Crippen LogP contribution in [0.25, 0.3) is 0 Å². The maximum Gasteiger partial charge on any atom is 0.205 e. The van der Waals surface area contributed by atoms with Gasteiger partial charge in [0.1, 0.15) is 23.1 Å². The SMILES string of the molecule is CCOc1cc(Br)c([C@@H]2C(C#N)=C(N)Oc3cc(O)ccc32)cc1OCC. The standard InChI is InChI=1S/C20H19BrN2O4/c1-3-25-17-8-13(15(21)9-18(17)26-4-2)19-12-6-5-11(24)7-16(12)27-20(23)14(19)10-22/h5-9,19,24H,3-4,23H2,1-2H3/t19-/m1/s1. The van der Waals surface area contributed by atoms with E-state index in [9.17, 15) is 10.4 Å². The van der Waals surface area contributed by atoms with Crippen LogP contribution in [0.5, 0.6) is 23.0 Å². The molecule has 2 aromatic rings. The first-order chi connectivity index (χ1) is 13.0. The molecule has 0 radical (unpaired) electrons. The third-order valence-corrected chi connectivity index (χ3v) is 4.86. The van der Waals surface area contributed by atoms with E-state index in [1.165, 1.54) is 6.07 Å². The number of hydrogen-bond acceptors (Lipinski definition) is 6. The Morgan fingerprint density at radius 2 is 1.81 bits per heavy atom. The van der Waals surface area contributed by atoms with Crippen LogP contribution in [0.3, 0.4) is 0 Å². The first kappa shape index (κ1) is 18.9. The summed E-state index contributed by atoms with van der Waals surface area (Å²) in [6.07, 6.45) is 0. The predicted octanol–water partition coefficient (Wildman–Crippen LogP) is 4.17. The molecule has 0 aromatic heterocycles. The van der Waals surface area contributed by atoms with E-state index in [2.05, 4.69) is 22.0 Å². The van der Waals surface area contributed by atoms with Gasteiger partial charge in [0.15, 0.2) is 11.5 Å². The summed E-state index contributed by atoms with van der Waals surface area (Å²) in [6.45, 7) is 4.77. The van der Waals surface area contributed by atoms with Gasteiger partial charge in [0, 0.05) is 16.1 Å². The molecule has 1 heterocycles. The maximum absolute atomic E-state index is 9.77. The molecule has 0 unspecified atom stereocenters. The lowest BCUT2D eigenvalue weighted by Gasteiger charge is -2.27. The number of ether oxygens (including phenoxy) is 3. The Kier molecular flexibility index (Phi) is 5.47. The fourth-order valence-electron chi connectivity index (χ4n) is 3.07. The summed E-state index contributed by atoms with van der Waals surface area (Å²) in [4.78, 5) is 0. The molecule has 0 saturated carbocycles. The summed E-state index contributed by atoms with van der Waals surface area (Å²) < 4.78 is 17.7. The first-order valence-electron chi connectivity index (χ1n) is 8.49. The molecule has 6 nitrogen and oxygen atoms in total. The Morgan fingerprint density at radius 1 is 1.15 bits per heavy atom. The topological polar surface area (TPSA) is 97.7 Å². The highest BCUT2D eigenvalue weighted by atomic mass is 79.9. The van der Waals surface area contributed by atoms with Crippen molar-refractivity contribution in [2.24, 2.45) is 5.73 Å². The fraction of sp³-hybridized carbons (Fsp3) is 0.250. The van der Waals surface area contributed by atoms with Crippen molar-refractivity contribution in [1.82, 2.24) is 0 Å². The maximum atomic E-state index is 9.77. The molecule has 3 N–H and O–H groups in total. The number of fused-ring (bicyclic) bond motifs is 1. The van der Waals surface area contributed by atoms with Gasteiger partial charge in [0.25, 0.3) is 0 Å². The van der Waals surface area contributed by atoms with Crippen molar-refractivity contribution in [1.29, 1.82) is 5.26 Å². The minimum absolute atomic E-state index is 0.0133. The van der Waals surface area contributed by atoms with Crippen molar-refractivity contribution in [2.75, 3.05) is 13.2 Å². The highest BCUT2D eigenvalue weighted by Crippen LogP contribution is 2.47. The number of hydrogen-bond donors (Lipinski definition) is 2. The van der Waals surface area contributed by atoms with E-state index in [0.29, 0.717) is 36.0 Å². The van der Waals surface area contributed by atoms with Crippen molar-refractivity contribution in [2.45, 2.75) is 19.8 Å². The summed E-state index contributed by atoms with van der Waals surface area (Å²) >= 11 is 3.58. The summed E-state index contributed by atoms with van der Waals surface area (Å²) in [7, 11) is 0. The van der Waals surface area contributed by atoms with Crippen LogP contribution < -0.4 is 19.9 Å². The number of nitrogens with two attached hydrogens (primary N) is 1. The number of nitriles is 1. The molecule has 2 aromatic carbocycles. The molecule has 1 aliphatic rings. The normalized spacial score (nSPS) is 15.6. The van der Waals surface area contributed by atoms with Crippen molar-refractivity contribution < 1.29 is 19.3 Å². The minimum Gasteiger partial charge on any atom is -0.508 e. The first-order valence-corrected chi connectivity index (χ1v) is 9.28. The average Bonchev–Trinajstić information content (AvgIpc) is 2.63. The zero-order chi connectivity index (χ0) is 19.6. The van der Waals surface area contributed by atoms with Crippen molar-refractivity contribution in [3.63, 3.8) is 0 Å². The van der Waals surface area contributed by atoms with Crippen molar-refractivity contribution in [3.05, 3.63) is 57.4 Å². The summed E-state index contributed by atoms with van der Waals surface area (Å²) in [5, 5.41) is 19.5. The van der Waals surface area contributed by atoms with E-state index in [1.807, 2.05) is 26.0 Å². The summed E-state index contributed by atoms with van der Waals surface area (Å²) in [5.41, 5.74) is 7.80. The number of benzene rings is 2. The van der Waals surface area contributed by atoms with Crippen LogP contribution in [-0.4, -0.2) is 18.3 Å². The van der Waals surface area contributed by atoms with Gasteiger partial charge in [-0.25, -0.2) is 0 Å². The van der Waals surface area contributed by atoms with E-state index >= 15 is 0 Å². The molecule has 27 heavy (non-hydrogen) atoms. The Balaban J connectivity index is 2.22. The smallest absolute Gasteiger partial charge is 0.205 e. The quantitative estimate of drug-likeness (QED) is 0.738. The molecule has 0 bridgehead atoms. The number of halogens is 1. The second-order valence-corrected chi connectivity index (χ2v) is 6.69. The number of rotatable bonds is 5. The molecule has 0 fully saturated rings. The van der Waals surface area contributed by atoms with Crippen LogP contribution in [0.15, 0.2) is 46.3 Å². The van der Waals surface area contributed by atoms with Gasteiger partial charge in [-0.3, -0.25) is 0 Å². The molecular formula is C20H19BrN2O4. The van der Waals surface area contributed by atoms with Gasteiger partial charge in [-0.1, -0.05) is 22.0 Å². The Morgan fingerprint density at radius 3 is 2.44 bits per heavy atom. The van der Waals surface area contributed by atoms with Crippen LogP contribution in [0.2, 0.25) is 0 Å². The molecule has 0 saturated heterocycles. The Hall–Kier alpha value is -2.85. The van der Waals surface area contributed by atoms with Crippen LogP contribution in [0, 0.1) is 11.3 Å². The van der Waals surface area contributed by atoms with Crippen LogP contribution in [0.1, 0.15) is 30.9 Å². The molecule has 1 atom stereocenters. The zero-order valence-corrected chi connectivity index (χ0v) is 16.5. The zero-order valence-electron chi connectivity index (χ0n) is 15.0. The monoisotopic (exact) mass is 430 g/mol. The van der Waals surface area contributed by atoms with Gasteiger partial charge in [0.2, 0.25) is 5.88 Å². The van der Waals surface area contributed by atoms with Crippen LogP contribution in [0.4, 0.5) is 0 Å². The Bertz CT molecular complexity index is 950. The number of nitrogens with zero attached hydrogens (tertiary/aromatic N) is 1. The molecule has 0 amide bonds. The number of aromatic hydroxyl groups is 1. The van der Waals surface area contributed by atoms with E-state index in [4.69, 9.17) is 19.9 Å². The lowest BCUT2D eigenvalue weighted by atomic mass is 9.83. The third kappa shape index (κ3) is 3.53. The largest absolute Gasteiger partial charge is 0.508 e. The van der Waals surface area contributed by atoms with E-state index < -0.39 is 5.92 Å². The van der Waals surface area contributed by atoms with E-state index in [-0.39, 0.29) is 11.6 Å². The van der Waals surface area contributed by atoms with Crippen molar-refractivity contribution in [3.8, 4) is 29.1 Å². The number of allylic oxidation sites excluding steroid dienone is 1. The lowest BCUT2D eigenvalue weighted by Crippen LogP contribution is -2.21. The molecule has 1 aliphatic heterocycles. The highest BCUT2D eigenvalue weighted by molar-refractivity contribution is 9.10. The second-order valence-electron chi connectivity index (χ2n) is 5.83. The van der Waals surface area contributed by atoms with E-state index in [1.54, 1.807) is 12.1 Å². The minimum atomic E-state index is -0.469. The molecular weight excluding hydrogens is 412 g/mol. The number of phenolic OH excluding ortho intramolecular Hbond substituents is 1.